The van der Waals surface area contributed by atoms with Gasteiger partial charge in [-0.15, -0.1) is 11.3 Å². The van der Waals surface area contributed by atoms with Crippen molar-refractivity contribution in [2.45, 2.75) is 6.10 Å². The Bertz CT molecular complexity index is 700. The minimum atomic E-state index is -0.279. The first-order chi connectivity index (χ1) is 10.3. The summed E-state index contributed by atoms with van der Waals surface area (Å²) in [4.78, 5) is 12.9. The van der Waals surface area contributed by atoms with Gasteiger partial charge in [0, 0.05) is 11.8 Å². The number of methoxy groups -OCH3 is 1. The van der Waals surface area contributed by atoms with Crippen molar-refractivity contribution in [1.82, 2.24) is 5.32 Å². The average molecular weight is 301 g/mol. The fourth-order valence-corrected chi connectivity index (χ4v) is 3.12. The van der Waals surface area contributed by atoms with E-state index < -0.39 is 0 Å². The molecule has 0 aliphatic carbocycles. The molecule has 0 radical (unpaired) electrons. The summed E-state index contributed by atoms with van der Waals surface area (Å²) in [7, 11) is 1.60. The van der Waals surface area contributed by atoms with Gasteiger partial charge < -0.3 is 14.5 Å². The highest BCUT2D eigenvalue weighted by Gasteiger charge is 2.16. The molecular weight excluding hydrogens is 286 g/mol. The van der Waals surface area contributed by atoms with Crippen LogP contribution >= 0.6 is 11.3 Å². The summed E-state index contributed by atoms with van der Waals surface area (Å²) in [6.45, 7) is 0.372. The van der Waals surface area contributed by atoms with Gasteiger partial charge >= 0.3 is 0 Å². The van der Waals surface area contributed by atoms with Crippen LogP contribution in [0.1, 0.15) is 21.5 Å². The summed E-state index contributed by atoms with van der Waals surface area (Å²) in [5.41, 5.74) is 0. The lowest BCUT2D eigenvalue weighted by Crippen LogP contribution is -2.28. The van der Waals surface area contributed by atoms with Gasteiger partial charge in [-0.05, 0) is 29.7 Å². The topological polar surface area (TPSA) is 51.5 Å². The molecule has 3 rings (SSSR count). The molecule has 1 N–H and O–H groups in total. The van der Waals surface area contributed by atoms with Crippen LogP contribution in [-0.2, 0) is 4.74 Å². The van der Waals surface area contributed by atoms with Crippen molar-refractivity contribution in [3.8, 4) is 0 Å². The Morgan fingerprint density at radius 3 is 2.90 bits per heavy atom. The Balaban J connectivity index is 1.68. The van der Waals surface area contributed by atoms with E-state index in [9.17, 15) is 4.79 Å². The molecule has 0 bridgehead atoms. The van der Waals surface area contributed by atoms with Crippen LogP contribution in [0.5, 0.6) is 0 Å². The predicted octanol–water partition coefficient (Wildman–Crippen LogP) is 3.61. The van der Waals surface area contributed by atoms with Gasteiger partial charge in [-0.3, -0.25) is 4.79 Å². The molecule has 4 nitrogen and oxygen atoms in total. The van der Waals surface area contributed by atoms with E-state index in [0.717, 1.165) is 10.1 Å². The highest BCUT2D eigenvalue weighted by molar-refractivity contribution is 7.20. The van der Waals surface area contributed by atoms with E-state index in [1.807, 2.05) is 36.4 Å². The molecule has 0 fully saturated rings. The second-order valence-electron chi connectivity index (χ2n) is 4.60. The number of nitrogens with one attached hydrogen (secondary N) is 1. The van der Waals surface area contributed by atoms with Crippen LogP contribution in [0, 0.1) is 0 Å². The number of furan rings is 1. The van der Waals surface area contributed by atoms with Crippen LogP contribution in [0.4, 0.5) is 0 Å². The molecule has 5 heteroatoms. The first-order valence-electron chi connectivity index (χ1n) is 6.61. The minimum Gasteiger partial charge on any atom is -0.467 e. The molecule has 2 heterocycles. The number of hydrogen-bond donors (Lipinski definition) is 1. The summed E-state index contributed by atoms with van der Waals surface area (Å²) in [5, 5.41) is 3.97. The van der Waals surface area contributed by atoms with E-state index in [2.05, 4.69) is 5.32 Å². The van der Waals surface area contributed by atoms with Crippen molar-refractivity contribution >= 4 is 27.3 Å². The van der Waals surface area contributed by atoms with Gasteiger partial charge in [-0.2, -0.15) is 0 Å². The fraction of sp³-hybridized carbons (Fsp3) is 0.188. The van der Waals surface area contributed by atoms with Gasteiger partial charge in [-0.1, -0.05) is 18.2 Å². The molecule has 0 aliphatic rings. The molecule has 2 aromatic heterocycles. The average Bonchev–Trinajstić information content (AvgIpc) is 3.16. The predicted molar refractivity (Wildman–Crippen MR) is 82.6 cm³/mol. The highest BCUT2D eigenvalue weighted by Crippen LogP contribution is 2.25. The SMILES string of the molecule is CO[C@H](CNC(=O)c1cc2ccccc2s1)c1ccco1. The zero-order valence-electron chi connectivity index (χ0n) is 11.5. The monoisotopic (exact) mass is 301 g/mol. The Morgan fingerprint density at radius 1 is 1.33 bits per heavy atom. The van der Waals surface area contributed by atoms with Crippen LogP contribution in [0.15, 0.2) is 53.1 Å². The van der Waals surface area contributed by atoms with Crippen molar-refractivity contribution in [2.24, 2.45) is 0 Å². The lowest BCUT2D eigenvalue weighted by atomic mass is 10.2. The zero-order chi connectivity index (χ0) is 14.7. The largest absolute Gasteiger partial charge is 0.467 e. The van der Waals surface area contributed by atoms with Gasteiger partial charge in [0.05, 0.1) is 17.7 Å². The lowest BCUT2D eigenvalue weighted by molar-refractivity contribution is 0.0740. The molecule has 1 amide bonds. The molecule has 3 aromatic rings. The van der Waals surface area contributed by atoms with Crippen molar-refractivity contribution in [1.29, 1.82) is 0 Å². The van der Waals surface area contributed by atoms with Crippen LogP contribution in [0.25, 0.3) is 10.1 Å². The standard InChI is InChI=1S/C16H15NO3S/c1-19-13(12-6-4-8-20-12)10-17-16(18)15-9-11-5-2-3-7-14(11)21-15/h2-9,13H,10H2,1H3,(H,17,18)/t13-/m1/s1. The minimum absolute atomic E-state index is 0.0928. The summed E-state index contributed by atoms with van der Waals surface area (Å²) >= 11 is 1.49. The summed E-state index contributed by atoms with van der Waals surface area (Å²) in [5.74, 6) is 0.610. The molecule has 1 aromatic carbocycles. The molecule has 0 saturated carbocycles. The van der Waals surface area contributed by atoms with E-state index in [4.69, 9.17) is 9.15 Å². The smallest absolute Gasteiger partial charge is 0.261 e. The molecule has 0 spiro atoms. The molecule has 0 saturated heterocycles. The molecule has 21 heavy (non-hydrogen) atoms. The highest BCUT2D eigenvalue weighted by atomic mass is 32.1. The first-order valence-corrected chi connectivity index (χ1v) is 7.42. The molecule has 0 aliphatic heterocycles. The lowest BCUT2D eigenvalue weighted by Gasteiger charge is -2.13. The van der Waals surface area contributed by atoms with E-state index in [1.165, 1.54) is 11.3 Å². The van der Waals surface area contributed by atoms with Crippen molar-refractivity contribution in [3.63, 3.8) is 0 Å². The summed E-state index contributed by atoms with van der Waals surface area (Å²) in [6, 6.07) is 13.5. The fourth-order valence-electron chi connectivity index (χ4n) is 2.14. The van der Waals surface area contributed by atoms with Gasteiger partial charge in [0.15, 0.2) is 0 Å². The van der Waals surface area contributed by atoms with E-state index in [-0.39, 0.29) is 12.0 Å². The Hall–Kier alpha value is -2.11. The van der Waals surface area contributed by atoms with Gasteiger partial charge in [0.25, 0.3) is 5.91 Å². The van der Waals surface area contributed by atoms with E-state index in [0.29, 0.717) is 17.2 Å². The van der Waals surface area contributed by atoms with Crippen molar-refractivity contribution in [3.05, 3.63) is 59.4 Å². The Kier molecular flexibility index (Phi) is 4.03. The van der Waals surface area contributed by atoms with Gasteiger partial charge in [0.2, 0.25) is 0 Å². The maximum absolute atomic E-state index is 12.2. The maximum Gasteiger partial charge on any atom is 0.261 e. The molecule has 0 unspecified atom stereocenters. The number of fused-ring (bicyclic) bond motifs is 1. The number of ether oxygens (including phenoxy) is 1. The number of rotatable bonds is 5. The van der Waals surface area contributed by atoms with Crippen LogP contribution in [0.3, 0.4) is 0 Å². The van der Waals surface area contributed by atoms with E-state index in [1.54, 1.807) is 19.4 Å². The number of amides is 1. The van der Waals surface area contributed by atoms with Crippen LogP contribution in [-0.4, -0.2) is 19.6 Å². The molecule has 1 atom stereocenters. The second-order valence-corrected chi connectivity index (χ2v) is 5.68. The van der Waals surface area contributed by atoms with Crippen molar-refractivity contribution in [2.75, 3.05) is 13.7 Å². The zero-order valence-corrected chi connectivity index (χ0v) is 12.4. The molecule has 108 valence electrons. The number of benzene rings is 1. The normalized spacial score (nSPS) is 12.4. The van der Waals surface area contributed by atoms with Crippen LogP contribution < -0.4 is 5.32 Å². The van der Waals surface area contributed by atoms with Crippen molar-refractivity contribution < 1.29 is 13.9 Å². The number of thiophene rings is 1. The third kappa shape index (κ3) is 2.99. The maximum atomic E-state index is 12.2. The van der Waals surface area contributed by atoms with Crippen LogP contribution in [0.2, 0.25) is 0 Å². The van der Waals surface area contributed by atoms with E-state index >= 15 is 0 Å². The van der Waals surface area contributed by atoms with Gasteiger partial charge in [0.1, 0.15) is 11.9 Å². The Morgan fingerprint density at radius 2 is 2.19 bits per heavy atom. The summed E-state index contributed by atoms with van der Waals surface area (Å²) in [6.07, 6.45) is 1.31. The van der Waals surface area contributed by atoms with Gasteiger partial charge in [-0.25, -0.2) is 0 Å². The quantitative estimate of drug-likeness (QED) is 0.783. The second kappa shape index (κ2) is 6.11. The Labute approximate surface area is 126 Å². The number of hydrogen-bond acceptors (Lipinski definition) is 4. The molecular formula is C16H15NO3S. The number of carbonyl (C=O) groups excluding carboxylic acids is 1. The third-order valence-corrected chi connectivity index (χ3v) is 4.36. The number of carbonyl (C=O) groups is 1. The third-order valence-electron chi connectivity index (χ3n) is 3.24. The summed E-state index contributed by atoms with van der Waals surface area (Å²) < 4.78 is 11.7. The first kappa shape index (κ1) is 13.9.